The first-order valence-electron chi connectivity index (χ1n) is 4.10. The fraction of sp³-hybridized carbons (Fsp3) is 0.375. The van der Waals surface area contributed by atoms with E-state index in [1.807, 2.05) is 0 Å². The maximum Gasteiger partial charge on any atom is 0.271 e. The summed E-state index contributed by atoms with van der Waals surface area (Å²) in [5, 5.41) is 2.75. The average Bonchev–Trinajstić information content (AvgIpc) is 2.83. The van der Waals surface area contributed by atoms with Gasteiger partial charge in [0.1, 0.15) is 5.69 Å². The highest BCUT2D eigenvalue weighted by Gasteiger charge is 2.35. The van der Waals surface area contributed by atoms with Crippen LogP contribution in [0, 0.1) is 0 Å². The van der Waals surface area contributed by atoms with Gasteiger partial charge in [0.15, 0.2) is 0 Å². The largest absolute Gasteiger partial charge is 0.346 e. The number of hydrogen-bond donors (Lipinski definition) is 2. The van der Waals surface area contributed by atoms with Crippen molar-refractivity contribution in [3.63, 3.8) is 0 Å². The van der Waals surface area contributed by atoms with Crippen molar-refractivity contribution in [1.29, 1.82) is 0 Å². The molecule has 1 aromatic heterocycles. The molecule has 13 heavy (non-hydrogen) atoms. The van der Waals surface area contributed by atoms with Gasteiger partial charge in [-0.15, -0.1) is 0 Å². The predicted octanol–water partition coefficient (Wildman–Crippen LogP) is -0.694. The summed E-state index contributed by atoms with van der Waals surface area (Å²) in [5.74, 6) is -0.203. The lowest BCUT2D eigenvalue weighted by molar-refractivity contribution is 0.0945. The Balaban J connectivity index is 1.98. The van der Waals surface area contributed by atoms with Gasteiger partial charge >= 0.3 is 0 Å². The molecule has 68 valence electrons. The van der Waals surface area contributed by atoms with Crippen LogP contribution in [0.15, 0.2) is 18.6 Å². The van der Waals surface area contributed by atoms with Crippen LogP contribution in [0.2, 0.25) is 0 Å². The third-order valence-corrected chi connectivity index (χ3v) is 1.95. The van der Waals surface area contributed by atoms with Gasteiger partial charge in [0.05, 0.1) is 6.20 Å². The molecule has 1 heterocycles. The summed E-state index contributed by atoms with van der Waals surface area (Å²) >= 11 is 0. The van der Waals surface area contributed by atoms with Crippen molar-refractivity contribution < 1.29 is 4.79 Å². The van der Waals surface area contributed by atoms with E-state index >= 15 is 0 Å². The van der Waals surface area contributed by atoms with Gasteiger partial charge in [-0.1, -0.05) is 0 Å². The van der Waals surface area contributed by atoms with Gasteiger partial charge < -0.3 is 11.1 Å². The van der Waals surface area contributed by atoms with Gasteiger partial charge in [0, 0.05) is 24.5 Å². The Morgan fingerprint density at radius 1 is 1.62 bits per heavy atom. The van der Waals surface area contributed by atoms with E-state index in [0.29, 0.717) is 5.69 Å². The summed E-state index contributed by atoms with van der Waals surface area (Å²) in [6.07, 6.45) is 5.30. The molecule has 1 amide bonds. The number of hydrogen-bond acceptors (Lipinski definition) is 4. The number of carbonyl (C=O) groups excluding carboxylic acids is 1. The zero-order valence-electron chi connectivity index (χ0n) is 6.97. The number of rotatable bonds is 2. The lowest BCUT2D eigenvalue weighted by Gasteiger charge is -2.00. The number of nitrogens with one attached hydrogen (secondary N) is 1. The van der Waals surface area contributed by atoms with Crippen LogP contribution in [0.4, 0.5) is 0 Å². The normalized spacial score (nSPS) is 25.3. The van der Waals surface area contributed by atoms with Gasteiger partial charge in [-0.25, -0.2) is 4.98 Å². The molecule has 0 aromatic carbocycles. The van der Waals surface area contributed by atoms with Crippen LogP contribution in [0.3, 0.4) is 0 Å². The van der Waals surface area contributed by atoms with Crippen LogP contribution in [0.1, 0.15) is 16.9 Å². The summed E-state index contributed by atoms with van der Waals surface area (Å²) in [4.78, 5) is 19.0. The highest BCUT2D eigenvalue weighted by Crippen LogP contribution is 2.17. The number of nitrogens with two attached hydrogens (primary N) is 1. The first-order chi connectivity index (χ1) is 6.27. The topological polar surface area (TPSA) is 80.9 Å². The monoisotopic (exact) mass is 178 g/mol. The highest BCUT2D eigenvalue weighted by molar-refractivity contribution is 5.92. The minimum Gasteiger partial charge on any atom is -0.346 e. The standard InChI is InChI=1S/C8H10N4O/c9-5-3-6(5)12-8(13)7-4-10-1-2-11-7/h1-2,4-6H,3,9H2,(H,12,13). The van der Waals surface area contributed by atoms with Crippen LogP contribution in [-0.2, 0) is 0 Å². The van der Waals surface area contributed by atoms with Crippen molar-refractivity contribution in [2.45, 2.75) is 18.5 Å². The Kier molecular flexibility index (Phi) is 1.94. The second kappa shape index (κ2) is 3.10. The van der Waals surface area contributed by atoms with E-state index in [0.717, 1.165) is 6.42 Å². The predicted molar refractivity (Wildman–Crippen MR) is 45.9 cm³/mol. The molecule has 1 aromatic rings. The molecule has 0 spiro atoms. The Labute approximate surface area is 75.4 Å². The molecule has 2 atom stereocenters. The molecule has 5 heteroatoms. The molecule has 3 N–H and O–H groups in total. The van der Waals surface area contributed by atoms with Crippen LogP contribution >= 0.6 is 0 Å². The van der Waals surface area contributed by atoms with E-state index < -0.39 is 0 Å². The summed E-state index contributed by atoms with van der Waals surface area (Å²) in [6.45, 7) is 0. The van der Waals surface area contributed by atoms with E-state index in [2.05, 4.69) is 15.3 Å². The molecule has 1 aliphatic carbocycles. The first-order valence-corrected chi connectivity index (χ1v) is 4.10. The van der Waals surface area contributed by atoms with Gasteiger partial charge in [-0.2, -0.15) is 0 Å². The summed E-state index contributed by atoms with van der Waals surface area (Å²) in [7, 11) is 0. The van der Waals surface area contributed by atoms with E-state index in [-0.39, 0.29) is 18.0 Å². The molecule has 1 aliphatic rings. The van der Waals surface area contributed by atoms with Crippen LogP contribution < -0.4 is 11.1 Å². The van der Waals surface area contributed by atoms with Crippen LogP contribution in [-0.4, -0.2) is 28.0 Å². The molecule has 0 radical (unpaired) electrons. The molecule has 0 aliphatic heterocycles. The van der Waals surface area contributed by atoms with Crippen molar-refractivity contribution in [2.24, 2.45) is 5.73 Å². The van der Waals surface area contributed by atoms with Gasteiger partial charge in [0.25, 0.3) is 5.91 Å². The maximum absolute atomic E-state index is 11.4. The van der Waals surface area contributed by atoms with Crippen molar-refractivity contribution in [1.82, 2.24) is 15.3 Å². The Morgan fingerprint density at radius 3 is 2.92 bits per heavy atom. The Hall–Kier alpha value is -1.49. The number of amides is 1. The zero-order chi connectivity index (χ0) is 9.26. The third-order valence-electron chi connectivity index (χ3n) is 1.95. The molecule has 2 rings (SSSR count). The smallest absolute Gasteiger partial charge is 0.271 e. The quantitative estimate of drug-likeness (QED) is 0.627. The molecule has 1 fully saturated rings. The number of aromatic nitrogens is 2. The van der Waals surface area contributed by atoms with Crippen molar-refractivity contribution in [3.05, 3.63) is 24.3 Å². The molecule has 0 saturated heterocycles. The van der Waals surface area contributed by atoms with Crippen LogP contribution in [0.25, 0.3) is 0 Å². The molecule has 1 saturated carbocycles. The second-order valence-corrected chi connectivity index (χ2v) is 3.07. The molecule has 2 unspecified atom stereocenters. The average molecular weight is 178 g/mol. The number of nitrogens with zero attached hydrogens (tertiary/aromatic N) is 2. The van der Waals surface area contributed by atoms with E-state index in [1.165, 1.54) is 18.6 Å². The summed E-state index contributed by atoms with van der Waals surface area (Å²) < 4.78 is 0. The third kappa shape index (κ3) is 1.81. The minimum atomic E-state index is -0.203. The van der Waals surface area contributed by atoms with Crippen molar-refractivity contribution in [3.8, 4) is 0 Å². The minimum absolute atomic E-state index is 0.112. The molecule has 5 nitrogen and oxygen atoms in total. The second-order valence-electron chi connectivity index (χ2n) is 3.07. The fourth-order valence-electron chi connectivity index (χ4n) is 1.04. The lowest BCUT2D eigenvalue weighted by Crippen LogP contribution is -2.30. The fourth-order valence-corrected chi connectivity index (χ4v) is 1.04. The zero-order valence-corrected chi connectivity index (χ0v) is 6.97. The van der Waals surface area contributed by atoms with Gasteiger partial charge in [0.2, 0.25) is 0 Å². The SMILES string of the molecule is NC1CC1NC(=O)c1cnccn1. The molecular formula is C8H10N4O. The molecule has 0 bridgehead atoms. The number of carbonyl (C=O) groups is 1. The maximum atomic E-state index is 11.4. The summed E-state index contributed by atoms with van der Waals surface area (Å²) in [6, 6.07) is 0.232. The van der Waals surface area contributed by atoms with Crippen molar-refractivity contribution >= 4 is 5.91 Å². The van der Waals surface area contributed by atoms with E-state index in [9.17, 15) is 4.79 Å². The van der Waals surface area contributed by atoms with E-state index in [1.54, 1.807) is 0 Å². The molecular weight excluding hydrogens is 168 g/mol. The van der Waals surface area contributed by atoms with Crippen molar-refractivity contribution in [2.75, 3.05) is 0 Å². The van der Waals surface area contributed by atoms with Gasteiger partial charge in [-0.3, -0.25) is 9.78 Å². The van der Waals surface area contributed by atoms with Crippen LogP contribution in [0.5, 0.6) is 0 Å². The summed E-state index contributed by atoms with van der Waals surface area (Å²) in [5.41, 5.74) is 5.88. The van der Waals surface area contributed by atoms with E-state index in [4.69, 9.17) is 5.73 Å². The van der Waals surface area contributed by atoms with Gasteiger partial charge in [-0.05, 0) is 6.42 Å². The first kappa shape index (κ1) is 8.12. The Bertz CT molecular complexity index is 313. The Morgan fingerprint density at radius 2 is 2.38 bits per heavy atom. The highest BCUT2D eigenvalue weighted by atomic mass is 16.2. The lowest BCUT2D eigenvalue weighted by atomic mass is 10.4.